The standard InChI is InChI=1S/C24H29N3O3/c1-17(2)30-24(29)16-27-21-12-7-6-11-20(21)26-22(27)13-8-14-25-23(28)15-19-10-5-4-9-18(19)3/h4-7,9-12,17H,8,13-16H2,1-3H3,(H,25,28). The number of ether oxygens (including phenoxy) is 1. The summed E-state index contributed by atoms with van der Waals surface area (Å²) in [5.74, 6) is 0.560. The number of hydrogen-bond donors (Lipinski definition) is 1. The minimum absolute atomic E-state index is 0.0123. The van der Waals surface area contributed by atoms with Crippen molar-refractivity contribution in [1.29, 1.82) is 0 Å². The van der Waals surface area contributed by atoms with Crippen LogP contribution in [0, 0.1) is 6.92 Å². The Morgan fingerprint density at radius 1 is 1.10 bits per heavy atom. The van der Waals surface area contributed by atoms with E-state index in [4.69, 9.17) is 4.74 Å². The molecule has 30 heavy (non-hydrogen) atoms. The zero-order chi connectivity index (χ0) is 21.5. The number of imidazole rings is 1. The molecule has 1 N–H and O–H groups in total. The highest BCUT2D eigenvalue weighted by molar-refractivity contribution is 5.79. The van der Waals surface area contributed by atoms with Gasteiger partial charge in [0.1, 0.15) is 12.4 Å². The summed E-state index contributed by atoms with van der Waals surface area (Å²) in [5.41, 5.74) is 3.93. The van der Waals surface area contributed by atoms with Gasteiger partial charge < -0.3 is 14.6 Å². The van der Waals surface area contributed by atoms with E-state index in [-0.39, 0.29) is 24.5 Å². The lowest BCUT2D eigenvalue weighted by Gasteiger charge is -2.12. The summed E-state index contributed by atoms with van der Waals surface area (Å²) in [5, 5.41) is 2.98. The van der Waals surface area contributed by atoms with Gasteiger partial charge in [-0.2, -0.15) is 0 Å². The molecule has 158 valence electrons. The third-order valence-corrected chi connectivity index (χ3v) is 4.90. The van der Waals surface area contributed by atoms with E-state index < -0.39 is 0 Å². The summed E-state index contributed by atoms with van der Waals surface area (Å²) in [6, 6.07) is 15.7. The van der Waals surface area contributed by atoms with Crippen LogP contribution in [-0.2, 0) is 33.7 Å². The Labute approximate surface area is 177 Å². The number of rotatable bonds is 9. The predicted molar refractivity (Wildman–Crippen MR) is 117 cm³/mol. The number of hydrogen-bond acceptors (Lipinski definition) is 4. The van der Waals surface area contributed by atoms with Gasteiger partial charge in [-0.25, -0.2) is 4.98 Å². The van der Waals surface area contributed by atoms with Crippen LogP contribution in [0.5, 0.6) is 0 Å². The zero-order valence-electron chi connectivity index (χ0n) is 17.9. The molecule has 1 amide bonds. The molecule has 0 fully saturated rings. The van der Waals surface area contributed by atoms with Crippen LogP contribution in [-0.4, -0.2) is 34.1 Å². The van der Waals surface area contributed by atoms with Crippen LogP contribution >= 0.6 is 0 Å². The van der Waals surface area contributed by atoms with Crippen molar-refractivity contribution in [2.45, 2.75) is 52.7 Å². The number of para-hydroxylation sites is 2. The van der Waals surface area contributed by atoms with Crippen molar-refractivity contribution in [3.05, 3.63) is 65.5 Å². The van der Waals surface area contributed by atoms with Crippen molar-refractivity contribution in [2.75, 3.05) is 6.54 Å². The van der Waals surface area contributed by atoms with Crippen molar-refractivity contribution in [2.24, 2.45) is 0 Å². The maximum Gasteiger partial charge on any atom is 0.326 e. The Morgan fingerprint density at radius 2 is 1.83 bits per heavy atom. The highest BCUT2D eigenvalue weighted by Crippen LogP contribution is 2.17. The first-order valence-corrected chi connectivity index (χ1v) is 10.4. The van der Waals surface area contributed by atoms with Gasteiger partial charge in [-0.3, -0.25) is 9.59 Å². The Balaban J connectivity index is 1.59. The van der Waals surface area contributed by atoms with Gasteiger partial charge in [0.2, 0.25) is 5.91 Å². The molecule has 0 unspecified atom stereocenters. The van der Waals surface area contributed by atoms with Crippen molar-refractivity contribution < 1.29 is 14.3 Å². The first kappa shape index (κ1) is 21.6. The van der Waals surface area contributed by atoms with Gasteiger partial charge in [-0.05, 0) is 50.5 Å². The van der Waals surface area contributed by atoms with Gasteiger partial charge in [-0.1, -0.05) is 36.4 Å². The second kappa shape index (κ2) is 10.1. The summed E-state index contributed by atoms with van der Waals surface area (Å²) < 4.78 is 7.22. The van der Waals surface area contributed by atoms with Crippen LogP contribution in [0.3, 0.4) is 0 Å². The van der Waals surface area contributed by atoms with Crippen molar-refractivity contribution in [3.63, 3.8) is 0 Å². The van der Waals surface area contributed by atoms with Gasteiger partial charge in [0, 0.05) is 13.0 Å². The molecule has 3 aromatic rings. The second-order valence-electron chi connectivity index (χ2n) is 7.70. The van der Waals surface area contributed by atoms with Crippen LogP contribution in [0.15, 0.2) is 48.5 Å². The summed E-state index contributed by atoms with van der Waals surface area (Å²) >= 11 is 0. The number of aromatic nitrogens is 2. The molecule has 1 heterocycles. The van der Waals surface area contributed by atoms with Crippen molar-refractivity contribution >= 4 is 22.9 Å². The lowest BCUT2D eigenvalue weighted by atomic mass is 10.1. The van der Waals surface area contributed by atoms with Gasteiger partial charge in [0.05, 0.1) is 23.6 Å². The van der Waals surface area contributed by atoms with E-state index >= 15 is 0 Å². The normalized spacial score (nSPS) is 11.1. The quantitative estimate of drug-likeness (QED) is 0.435. The van der Waals surface area contributed by atoms with E-state index in [9.17, 15) is 9.59 Å². The number of nitrogens with zero attached hydrogens (tertiary/aromatic N) is 2. The van der Waals surface area contributed by atoms with Crippen LogP contribution in [0.1, 0.15) is 37.2 Å². The SMILES string of the molecule is Cc1ccccc1CC(=O)NCCCc1nc2ccccc2n1CC(=O)OC(C)C. The molecule has 0 saturated carbocycles. The molecule has 0 aliphatic heterocycles. The molecular weight excluding hydrogens is 378 g/mol. The maximum absolute atomic E-state index is 12.2. The predicted octanol–water partition coefficient (Wildman–Crippen LogP) is 3.59. The number of amides is 1. The number of carbonyl (C=O) groups excluding carboxylic acids is 2. The lowest BCUT2D eigenvalue weighted by Crippen LogP contribution is -2.27. The zero-order valence-corrected chi connectivity index (χ0v) is 17.9. The molecule has 0 bridgehead atoms. The Bertz CT molecular complexity index is 1020. The number of esters is 1. The van der Waals surface area contributed by atoms with Gasteiger partial charge in [0.25, 0.3) is 0 Å². The number of fused-ring (bicyclic) bond motifs is 1. The molecule has 0 radical (unpaired) electrons. The van der Waals surface area contributed by atoms with E-state index in [1.165, 1.54) is 0 Å². The summed E-state index contributed by atoms with van der Waals surface area (Å²) in [4.78, 5) is 29.1. The number of benzene rings is 2. The monoisotopic (exact) mass is 407 g/mol. The molecule has 0 aliphatic carbocycles. The van der Waals surface area contributed by atoms with Crippen LogP contribution < -0.4 is 5.32 Å². The van der Waals surface area contributed by atoms with Crippen molar-refractivity contribution in [3.8, 4) is 0 Å². The molecule has 2 aromatic carbocycles. The molecule has 6 nitrogen and oxygen atoms in total. The fraction of sp³-hybridized carbons (Fsp3) is 0.375. The van der Waals surface area contributed by atoms with Gasteiger partial charge in [0.15, 0.2) is 0 Å². The summed E-state index contributed by atoms with van der Waals surface area (Å²) in [6.07, 6.45) is 1.63. The molecular formula is C24H29N3O3. The van der Waals surface area contributed by atoms with E-state index in [0.717, 1.165) is 34.4 Å². The third kappa shape index (κ3) is 5.69. The summed E-state index contributed by atoms with van der Waals surface area (Å²) in [7, 11) is 0. The maximum atomic E-state index is 12.2. The van der Waals surface area contributed by atoms with Crippen LogP contribution in [0.4, 0.5) is 0 Å². The number of aryl methyl sites for hydroxylation is 2. The van der Waals surface area contributed by atoms with Crippen molar-refractivity contribution in [1.82, 2.24) is 14.9 Å². The largest absolute Gasteiger partial charge is 0.462 e. The molecule has 6 heteroatoms. The minimum atomic E-state index is -0.277. The first-order chi connectivity index (χ1) is 14.4. The second-order valence-corrected chi connectivity index (χ2v) is 7.70. The average Bonchev–Trinajstić information content (AvgIpc) is 3.04. The van der Waals surface area contributed by atoms with Gasteiger partial charge in [-0.15, -0.1) is 0 Å². The highest BCUT2D eigenvalue weighted by atomic mass is 16.5. The topological polar surface area (TPSA) is 73.2 Å². The smallest absolute Gasteiger partial charge is 0.326 e. The van der Waals surface area contributed by atoms with Crippen LogP contribution in [0.2, 0.25) is 0 Å². The fourth-order valence-electron chi connectivity index (χ4n) is 3.44. The molecule has 3 rings (SSSR count). The Morgan fingerprint density at radius 3 is 2.60 bits per heavy atom. The molecule has 1 aromatic heterocycles. The van der Waals surface area contributed by atoms with E-state index in [2.05, 4.69) is 10.3 Å². The minimum Gasteiger partial charge on any atom is -0.462 e. The average molecular weight is 408 g/mol. The molecule has 0 aliphatic rings. The van der Waals surface area contributed by atoms with E-state index in [0.29, 0.717) is 19.4 Å². The lowest BCUT2D eigenvalue weighted by molar-refractivity contribution is -0.148. The van der Waals surface area contributed by atoms with E-state index in [1.54, 1.807) is 0 Å². The van der Waals surface area contributed by atoms with Crippen LogP contribution in [0.25, 0.3) is 11.0 Å². The fourth-order valence-corrected chi connectivity index (χ4v) is 3.44. The molecule has 0 atom stereocenters. The highest BCUT2D eigenvalue weighted by Gasteiger charge is 2.15. The Hall–Kier alpha value is -3.15. The molecule has 0 spiro atoms. The third-order valence-electron chi connectivity index (χ3n) is 4.90. The Kier molecular flexibility index (Phi) is 7.22. The van der Waals surface area contributed by atoms with Gasteiger partial charge >= 0.3 is 5.97 Å². The molecule has 0 saturated heterocycles. The number of carbonyl (C=O) groups is 2. The number of nitrogens with one attached hydrogen (secondary N) is 1. The summed E-state index contributed by atoms with van der Waals surface area (Å²) in [6.45, 7) is 6.38. The first-order valence-electron chi connectivity index (χ1n) is 10.4. The van der Waals surface area contributed by atoms with E-state index in [1.807, 2.05) is 73.9 Å².